The van der Waals surface area contributed by atoms with Gasteiger partial charge in [0.1, 0.15) is 11.7 Å². The Kier molecular flexibility index (Phi) is 11.7. The van der Waals surface area contributed by atoms with E-state index in [9.17, 15) is 9.59 Å². The minimum atomic E-state index is -0.692. The lowest BCUT2D eigenvalue weighted by Crippen LogP contribution is -2.37. The minimum absolute atomic E-state index is 0. The molecule has 4 rings (SSSR count). The molecule has 1 amide bonds. The SMILES string of the molecule is C=Cc1ccc(CCCC(=O)C(Cc2ccc3ccccc3c2)C(=O)NCCc2ccc(C)cc2)cc1.CC.[HH].[HH]. The van der Waals surface area contributed by atoms with Gasteiger partial charge in [0.25, 0.3) is 0 Å². The molecule has 0 aliphatic rings. The van der Waals surface area contributed by atoms with Crippen molar-refractivity contribution >= 4 is 28.5 Å². The molecule has 0 spiro atoms. The van der Waals surface area contributed by atoms with E-state index in [0.717, 1.165) is 41.2 Å². The summed E-state index contributed by atoms with van der Waals surface area (Å²) in [6, 6.07) is 30.9. The highest BCUT2D eigenvalue weighted by Crippen LogP contribution is 2.20. The third kappa shape index (κ3) is 9.07. The van der Waals surface area contributed by atoms with Crippen LogP contribution < -0.4 is 5.32 Å². The van der Waals surface area contributed by atoms with E-state index in [1.165, 1.54) is 16.7 Å². The fourth-order valence-electron chi connectivity index (χ4n) is 4.62. The number of hydrogen-bond donors (Lipinski definition) is 1. The molecule has 0 heterocycles. The van der Waals surface area contributed by atoms with Crippen molar-refractivity contribution < 1.29 is 12.4 Å². The molecule has 39 heavy (non-hydrogen) atoms. The van der Waals surface area contributed by atoms with Crippen LogP contribution in [0, 0.1) is 12.8 Å². The summed E-state index contributed by atoms with van der Waals surface area (Å²) < 4.78 is 0. The van der Waals surface area contributed by atoms with Crippen LogP contribution in [-0.4, -0.2) is 18.2 Å². The van der Waals surface area contributed by atoms with Crippen LogP contribution in [0.2, 0.25) is 0 Å². The quantitative estimate of drug-likeness (QED) is 0.189. The van der Waals surface area contributed by atoms with Crippen molar-refractivity contribution in [2.75, 3.05) is 6.54 Å². The largest absolute Gasteiger partial charge is 0.355 e. The number of carbonyl (C=O) groups is 2. The van der Waals surface area contributed by atoms with Crippen LogP contribution in [0.3, 0.4) is 0 Å². The maximum absolute atomic E-state index is 13.3. The molecule has 0 saturated heterocycles. The normalized spacial score (nSPS) is 11.3. The van der Waals surface area contributed by atoms with E-state index in [2.05, 4.69) is 79.5 Å². The van der Waals surface area contributed by atoms with Crippen molar-refractivity contribution in [1.82, 2.24) is 5.32 Å². The highest BCUT2D eigenvalue weighted by atomic mass is 16.2. The molecule has 206 valence electrons. The molecule has 0 aromatic heterocycles. The Morgan fingerprint density at radius 1 is 0.821 bits per heavy atom. The molecule has 1 atom stereocenters. The summed E-state index contributed by atoms with van der Waals surface area (Å²) in [5, 5.41) is 5.31. The van der Waals surface area contributed by atoms with Crippen molar-refractivity contribution in [3.8, 4) is 0 Å². The second-order valence-electron chi connectivity index (χ2n) is 9.73. The second kappa shape index (κ2) is 15.4. The van der Waals surface area contributed by atoms with Crippen LogP contribution in [0.1, 0.15) is 57.4 Å². The van der Waals surface area contributed by atoms with Crippen LogP contribution in [0.5, 0.6) is 0 Å². The zero-order valence-corrected chi connectivity index (χ0v) is 23.6. The molecule has 0 fully saturated rings. The Hall–Kier alpha value is -3.98. The van der Waals surface area contributed by atoms with Gasteiger partial charge in [0, 0.05) is 15.8 Å². The first-order valence-corrected chi connectivity index (χ1v) is 14.1. The van der Waals surface area contributed by atoms with E-state index >= 15 is 0 Å². The van der Waals surface area contributed by atoms with Gasteiger partial charge in [0.2, 0.25) is 5.91 Å². The predicted octanol–water partition coefficient (Wildman–Crippen LogP) is 8.42. The Balaban J connectivity index is 0.00000206. The number of benzene rings is 4. The molecule has 4 aromatic rings. The van der Waals surface area contributed by atoms with Gasteiger partial charge in [-0.1, -0.05) is 123 Å². The highest BCUT2D eigenvalue weighted by molar-refractivity contribution is 6.01. The van der Waals surface area contributed by atoms with Gasteiger partial charge in [-0.15, -0.1) is 0 Å². The molecular formula is C36H45NO2. The smallest absolute Gasteiger partial charge is 0.230 e. The van der Waals surface area contributed by atoms with Gasteiger partial charge in [-0.05, 0) is 65.6 Å². The maximum atomic E-state index is 13.3. The van der Waals surface area contributed by atoms with Crippen LogP contribution >= 0.6 is 0 Å². The first-order chi connectivity index (χ1) is 19.0. The molecule has 0 radical (unpaired) electrons. The molecule has 1 N–H and O–H groups in total. The number of nitrogens with one attached hydrogen (secondary N) is 1. The molecule has 0 saturated carbocycles. The van der Waals surface area contributed by atoms with E-state index in [1.807, 2.05) is 50.3 Å². The van der Waals surface area contributed by atoms with E-state index in [-0.39, 0.29) is 14.5 Å². The third-order valence-electron chi connectivity index (χ3n) is 6.90. The van der Waals surface area contributed by atoms with Gasteiger partial charge in [-0.3, -0.25) is 9.59 Å². The van der Waals surface area contributed by atoms with Crippen LogP contribution in [-0.2, 0) is 28.9 Å². The summed E-state index contributed by atoms with van der Waals surface area (Å²) in [5.74, 6) is -0.869. The van der Waals surface area contributed by atoms with Crippen molar-refractivity contribution in [3.05, 3.63) is 125 Å². The number of fused-ring (bicyclic) bond motifs is 1. The predicted molar refractivity (Wildman–Crippen MR) is 169 cm³/mol. The van der Waals surface area contributed by atoms with E-state index in [4.69, 9.17) is 0 Å². The average molecular weight is 524 g/mol. The van der Waals surface area contributed by atoms with Gasteiger partial charge < -0.3 is 5.32 Å². The summed E-state index contributed by atoms with van der Waals surface area (Å²) >= 11 is 0. The molecule has 4 aromatic carbocycles. The molecule has 1 unspecified atom stereocenters. The third-order valence-corrected chi connectivity index (χ3v) is 6.90. The maximum Gasteiger partial charge on any atom is 0.230 e. The second-order valence-corrected chi connectivity index (χ2v) is 9.73. The molecule has 0 bridgehead atoms. The number of carbonyl (C=O) groups excluding carboxylic acids is 2. The van der Waals surface area contributed by atoms with Crippen molar-refractivity contribution in [3.63, 3.8) is 0 Å². The molecule has 0 aliphatic carbocycles. The fourth-order valence-corrected chi connectivity index (χ4v) is 4.62. The lowest BCUT2D eigenvalue weighted by atomic mass is 9.90. The van der Waals surface area contributed by atoms with Gasteiger partial charge in [-0.25, -0.2) is 0 Å². The standard InChI is InChI=1S/C34H35NO2.C2H6.2H2/c1-3-26-15-17-27(18-16-26)7-6-10-33(36)32(24-29-19-20-30-8-4-5-9-31(30)23-29)34(37)35-22-21-28-13-11-25(2)12-14-28;1-2;;/h3-5,8-9,11-20,23,32H,1,6-7,10,21-22,24H2,2H3,(H,35,37);1-2H3;2*1H. The van der Waals surface area contributed by atoms with E-state index in [1.54, 1.807) is 0 Å². The summed E-state index contributed by atoms with van der Waals surface area (Å²) in [7, 11) is 0. The van der Waals surface area contributed by atoms with Gasteiger partial charge >= 0.3 is 0 Å². The Labute approximate surface area is 236 Å². The summed E-state index contributed by atoms with van der Waals surface area (Å²) in [4.78, 5) is 26.6. The van der Waals surface area contributed by atoms with E-state index in [0.29, 0.717) is 19.4 Å². The first kappa shape index (κ1) is 29.6. The number of amides is 1. The van der Waals surface area contributed by atoms with Crippen molar-refractivity contribution in [2.24, 2.45) is 5.92 Å². The van der Waals surface area contributed by atoms with E-state index < -0.39 is 5.92 Å². The van der Waals surface area contributed by atoms with Gasteiger partial charge in [-0.2, -0.15) is 0 Å². The number of ketones is 1. The zero-order valence-electron chi connectivity index (χ0n) is 23.6. The Bertz CT molecular complexity index is 1360. The lowest BCUT2D eigenvalue weighted by Gasteiger charge is -2.17. The van der Waals surface area contributed by atoms with Gasteiger partial charge in [0.15, 0.2) is 0 Å². The van der Waals surface area contributed by atoms with Crippen LogP contribution in [0.15, 0.2) is 97.6 Å². The lowest BCUT2D eigenvalue weighted by molar-refractivity contribution is -0.134. The number of rotatable bonds is 12. The summed E-state index contributed by atoms with van der Waals surface area (Å²) in [6.07, 6.45) is 4.88. The molecular weight excluding hydrogens is 478 g/mol. The van der Waals surface area contributed by atoms with Crippen molar-refractivity contribution in [2.45, 2.75) is 52.9 Å². The average Bonchev–Trinajstić information content (AvgIpc) is 2.98. The first-order valence-electron chi connectivity index (χ1n) is 14.1. The summed E-state index contributed by atoms with van der Waals surface area (Å²) in [6.45, 7) is 10.4. The number of hydrogen-bond acceptors (Lipinski definition) is 2. The van der Waals surface area contributed by atoms with Crippen LogP contribution in [0.25, 0.3) is 16.8 Å². The molecule has 3 heteroatoms. The minimum Gasteiger partial charge on any atom is -0.355 e. The van der Waals surface area contributed by atoms with Crippen molar-refractivity contribution in [1.29, 1.82) is 0 Å². The molecule has 3 nitrogen and oxygen atoms in total. The fraction of sp³-hybridized carbons (Fsp3) is 0.278. The topological polar surface area (TPSA) is 46.2 Å². The number of Topliss-reactive ketones (excluding diaryl/α,β-unsaturated/α-hetero) is 1. The molecule has 0 aliphatic heterocycles. The monoisotopic (exact) mass is 523 g/mol. The van der Waals surface area contributed by atoms with Crippen LogP contribution in [0.4, 0.5) is 0 Å². The highest BCUT2D eigenvalue weighted by Gasteiger charge is 2.26. The number of aryl methyl sites for hydroxylation is 2. The van der Waals surface area contributed by atoms with Gasteiger partial charge in [0.05, 0.1) is 0 Å². The Morgan fingerprint density at radius 2 is 1.44 bits per heavy atom. The Morgan fingerprint density at radius 3 is 2.13 bits per heavy atom. The summed E-state index contributed by atoms with van der Waals surface area (Å²) in [5.41, 5.74) is 5.66. The zero-order chi connectivity index (χ0) is 28.0.